The molecular weight excluding hydrogens is 360 g/mol. The van der Waals surface area contributed by atoms with Gasteiger partial charge in [0.25, 0.3) is 5.56 Å². The fourth-order valence-corrected chi connectivity index (χ4v) is 3.37. The zero-order valence-electron chi connectivity index (χ0n) is 15.5. The topological polar surface area (TPSA) is 78.1 Å². The first kappa shape index (κ1) is 19.1. The van der Waals surface area contributed by atoms with E-state index >= 15 is 0 Å². The lowest BCUT2D eigenvalue weighted by Gasteiger charge is -2.23. The van der Waals surface area contributed by atoms with Crippen LogP contribution >= 0.6 is 11.8 Å². The number of anilines is 1. The molecule has 2 N–H and O–H groups in total. The van der Waals surface area contributed by atoms with Crippen LogP contribution in [0.1, 0.15) is 18.8 Å². The molecule has 0 aliphatic rings. The van der Waals surface area contributed by atoms with E-state index in [4.69, 9.17) is 0 Å². The minimum atomic E-state index is -0.219. The van der Waals surface area contributed by atoms with Gasteiger partial charge in [-0.2, -0.15) is 0 Å². The van der Waals surface area contributed by atoms with Gasteiger partial charge in [-0.1, -0.05) is 24.3 Å². The molecular formula is C20H22N4O2S. The van der Waals surface area contributed by atoms with Crippen LogP contribution in [0, 0.1) is 0 Å². The average molecular weight is 382 g/mol. The zero-order valence-corrected chi connectivity index (χ0v) is 16.3. The van der Waals surface area contributed by atoms with Gasteiger partial charge in [-0.25, -0.2) is 4.98 Å². The van der Waals surface area contributed by atoms with E-state index in [1.54, 1.807) is 17.8 Å². The fraction of sp³-hybridized carbons (Fsp3) is 0.250. The van der Waals surface area contributed by atoms with Crippen LogP contribution in [0.3, 0.4) is 0 Å². The number of likely N-dealkylation sites (N-methyl/N-ethyl adjacent to an activating group) is 1. The number of rotatable bonds is 6. The summed E-state index contributed by atoms with van der Waals surface area (Å²) in [5.74, 6) is 0.424. The van der Waals surface area contributed by atoms with Crippen LogP contribution in [-0.4, -0.2) is 40.6 Å². The molecule has 6 nitrogen and oxygen atoms in total. The highest BCUT2D eigenvalue weighted by Crippen LogP contribution is 2.24. The number of benzene rings is 2. The van der Waals surface area contributed by atoms with E-state index in [9.17, 15) is 9.59 Å². The quantitative estimate of drug-likeness (QED) is 0.640. The minimum absolute atomic E-state index is 0.117. The van der Waals surface area contributed by atoms with Gasteiger partial charge in [-0.05, 0) is 44.5 Å². The Morgan fingerprint density at radius 1 is 1.22 bits per heavy atom. The first-order chi connectivity index (χ1) is 13.0. The van der Waals surface area contributed by atoms with Crippen molar-refractivity contribution in [1.82, 2.24) is 14.9 Å². The Kier molecular flexibility index (Phi) is 5.93. The van der Waals surface area contributed by atoms with Gasteiger partial charge in [0.15, 0.2) is 0 Å². The lowest BCUT2D eigenvalue weighted by Crippen LogP contribution is -2.33. The molecule has 0 spiro atoms. The van der Waals surface area contributed by atoms with Crippen LogP contribution in [0.15, 0.2) is 58.2 Å². The summed E-state index contributed by atoms with van der Waals surface area (Å²) in [5, 5.41) is 3.50. The molecule has 1 atom stereocenters. The number of carbonyl (C=O) groups is 1. The summed E-state index contributed by atoms with van der Waals surface area (Å²) in [6, 6.07) is 14.7. The number of hydrogen-bond acceptors (Lipinski definition) is 5. The monoisotopic (exact) mass is 382 g/mol. The number of amides is 1. The smallest absolute Gasteiger partial charge is 0.258 e. The summed E-state index contributed by atoms with van der Waals surface area (Å²) in [7, 11) is 1.83. The standard InChI is InChI=1S/C20H22N4O2S/c1-13(19-22-15-9-5-4-8-14(15)20(26)23-19)24(2)12-18(25)21-16-10-6-7-11-17(16)27-3/h4-11,13H,12H2,1-3H3,(H,21,25)(H,22,23,26). The van der Waals surface area contributed by atoms with Crippen molar-refractivity contribution in [1.29, 1.82) is 0 Å². The summed E-state index contributed by atoms with van der Waals surface area (Å²) in [5.41, 5.74) is 1.28. The number of aromatic amines is 1. The maximum atomic E-state index is 12.5. The molecule has 0 saturated carbocycles. The van der Waals surface area contributed by atoms with Gasteiger partial charge in [0.1, 0.15) is 5.82 Å². The average Bonchev–Trinajstić information content (AvgIpc) is 2.67. The van der Waals surface area contributed by atoms with Gasteiger partial charge in [0.2, 0.25) is 5.91 Å². The van der Waals surface area contributed by atoms with Crippen molar-refractivity contribution in [3.05, 3.63) is 64.7 Å². The molecule has 3 rings (SSSR count). The molecule has 27 heavy (non-hydrogen) atoms. The first-order valence-corrected chi connectivity index (χ1v) is 9.84. The molecule has 1 amide bonds. The highest BCUT2D eigenvalue weighted by Gasteiger charge is 2.18. The Balaban J connectivity index is 1.73. The Hall–Kier alpha value is -2.64. The SMILES string of the molecule is CSc1ccccc1NC(=O)CN(C)C(C)c1nc2ccccc2c(=O)[nH]1. The molecule has 1 aromatic heterocycles. The predicted molar refractivity (Wildman–Crippen MR) is 110 cm³/mol. The number of para-hydroxylation sites is 2. The number of H-pyrrole nitrogens is 1. The van der Waals surface area contributed by atoms with Gasteiger partial charge >= 0.3 is 0 Å². The van der Waals surface area contributed by atoms with E-state index in [2.05, 4.69) is 15.3 Å². The molecule has 3 aromatic rings. The van der Waals surface area contributed by atoms with Gasteiger partial charge in [0, 0.05) is 4.90 Å². The second-order valence-corrected chi connectivity index (χ2v) is 7.16. The van der Waals surface area contributed by atoms with Crippen LogP contribution in [-0.2, 0) is 4.79 Å². The van der Waals surface area contributed by atoms with Crippen molar-refractivity contribution in [3.8, 4) is 0 Å². The number of carbonyl (C=O) groups excluding carboxylic acids is 1. The molecule has 7 heteroatoms. The zero-order chi connectivity index (χ0) is 19.4. The largest absolute Gasteiger partial charge is 0.324 e. The molecule has 2 aromatic carbocycles. The van der Waals surface area contributed by atoms with E-state index in [-0.39, 0.29) is 24.1 Å². The number of hydrogen-bond donors (Lipinski definition) is 2. The maximum absolute atomic E-state index is 12.5. The summed E-state index contributed by atoms with van der Waals surface area (Å²) >= 11 is 1.58. The molecule has 140 valence electrons. The third kappa shape index (κ3) is 4.37. The van der Waals surface area contributed by atoms with Crippen LogP contribution in [0.2, 0.25) is 0 Å². The number of aromatic nitrogens is 2. The van der Waals surface area contributed by atoms with E-state index in [0.29, 0.717) is 16.7 Å². The number of nitrogens with one attached hydrogen (secondary N) is 2. The van der Waals surface area contributed by atoms with E-state index < -0.39 is 0 Å². The normalized spacial score (nSPS) is 12.3. The second-order valence-electron chi connectivity index (χ2n) is 6.31. The summed E-state index contributed by atoms with van der Waals surface area (Å²) in [4.78, 5) is 35.0. The van der Waals surface area contributed by atoms with Gasteiger partial charge < -0.3 is 10.3 Å². The summed E-state index contributed by atoms with van der Waals surface area (Å²) in [6.07, 6.45) is 1.97. The lowest BCUT2D eigenvalue weighted by molar-refractivity contribution is -0.117. The van der Waals surface area contributed by atoms with Crippen molar-refractivity contribution in [3.63, 3.8) is 0 Å². The minimum Gasteiger partial charge on any atom is -0.324 e. The molecule has 0 bridgehead atoms. The number of nitrogens with zero attached hydrogens (tertiary/aromatic N) is 2. The Morgan fingerprint density at radius 2 is 1.93 bits per heavy atom. The van der Waals surface area contributed by atoms with Gasteiger partial charge in [0.05, 0.1) is 29.2 Å². The molecule has 0 aliphatic heterocycles. The van der Waals surface area contributed by atoms with Crippen molar-refractivity contribution in [2.75, 3.05) is 25.2 Å². The highest BCUT2D eigenvalue weighted by atomic mass is 32.2. The molecule has 1 unspecified atom stereocenters. The van der Waals surface area contributed by atoms with Crippen molar-refractivity contribution in [2.24, 2.45) is 0 Å². The van der Waals surface area contributed by atoms with Crippen molar-refractivity contribution >= 4 is 34.3 Å². The lowest BCUT2D eigenvalue weighted by atomic mass is 10.2. The second kappa shape index (κ2) is 8.37. The van der Waals surface area contributed by atoms with E-state index in [1.807, 2.05) is 67.6 Å². The Morgan fingerprint density at radius 3 is 2.70 bits per heavy atom. The van der Waals surface area contributed by atoms with Crippen LogP contribution in [0.25, 0.3) is 10.9 Å². The highest BCUT2D eigenvalue weighted by molar-refractivity contribution is 7.98. The van der Waals surface area contributed by atoms with E-state index in [0.717, 1.165) is 10.6 Å². The summed E-state index contributed by atoms with van der Waals surface area (Å²) < 4.78 is 0. The third-order valence-electron chi connectivity index (χ3n) is 4.46. The van der Waals surface area contributed by atoms with Crippen LogP contribution in [0.4, 0.5) is 5.69 Å². The molecule has 0 fully saturated rings. The molecule has 0 aliphatic carbocycles. The van der Waals surface area contributed by atoms with Crippen LogP contribution < -0.4 is 10.9 Å². The number of thioether (sulfide) groups is 1. The Labute approximate surface area is 162 Å². The Bertz CT molecular complexity index is 1020. The van der Waals surface area contributed by atoms with E-state index in [1.165, 1.54) is 0 Å². The molecule has 0 radical (unpaired) electrons. The molecule has 0 saturated heterocycles. The van der Waals surface area contributed by atoms with Crippen LogP contribution in [0.5, 0.6) is 0 Å². The third-order valence-corrected chi connectivity index (χ3v) is 5.26. The van der Waals surface area contributed by atoms with Crippen molar-refractivity contribution < 1.29 is 4.79 Å². The molecule has 1 heterocycles. The fourth-order valence-electron chi connectivity index (χ4n) is 2.81. The predicted octanol–water partition coefficient (Wildman–Crippen LogP) is 3.28. The van der Waals surface area contributed by atoms with Gasteiger partial charge in [-0.3, -0.25) is 14.5 Å². The van der Waals surface area contributed by atoms with Gasteiger partial charge in [-0.15, -0.1) is 11.8 Å². The van der Waals surface area contributed by atoms with Crippen molar-refractivity contribution in [2.45, 2.75) is 17.9 Å². The first-order valence-electron chi connectivity index (χ1n) is 8.61. The maximum Gasteiger partial charge on any atom is 0.258 e. The summed E-state index contributed by atoms with van der Waals surface area (Å²) in [6.45, 7) is 2.09. The number of fused-ring (bicyclic) bond motifs is 1.